The minimum absolute atomic E-state index is 0.180. The fourth-order valence-corrected chi connectivity index (χ4v) is 3.94. The summed E-state index contributed by atoms with van der Waals surface area (Å²) in [6, 6.07) is 25.2. The predicted octanol–water partition coefficient (Wildman–Crippen LogP) is 6.00. The van der Waals surface area contributed by atoms with Crippen molar-refractivity contribution in [3.8, 4) is 11.3 Å². The second kappa shape index (κ2) is 8.99. The fraction of sp³-hybridized carbons (Fsp3) is 0.0435. The molecule has 4 nitrogen and oxygen atoms in total. The van der Waals surface area contributed by atoms with Crippen molar-refractivity contribution in [3.63, 3.8) is 0 Å². The Labute approximate surface area is 177 Å². The lowest BCUT2D eigenvalue weighted by molar-refractivity contribution is -0.118. The number of hydrogen-bond donors (Lipinski definition) is 1. The zero-order chi connectivity index (χ0) is 20.1. The molecule has 0 fully saturated rings. The topological polar surface area (TPSA) is 54.6 Å². The van der Waals surface area contributed by atoms with Gasteiger partial charge >= 0.3 is 0 Å². The smallest absolute Gasteiger partial charge is 0.250 e. The average Bonchev–Trinajstić information content (AvgIpc) is 3.21. The molecule has 0 saturated heterocycles. The van der Waals surface area contributed by atoms with Gasteiger partial charge in [-0.3, -0.25) is 4.79 Å². The lowest BCUT2D eigenvalue weighted by Gasteiger charge is -2.05. The van der Waals surface area contributed by atoms with Gasteiger partial charge in [-0.1, -0.05) is 60.1 Å². The Hall–Kier alpha value is -3.02. The Morgan fingerprint density at radius 3 is 2.76 bits per heavy atom. The van der Waals surface area contributed by atoms with Crippen LogP contribution >= 0.6 is 23.4 Å². The normalized spacial score (nSPS) is 11.2. The summed E-state index contributed by atoms with van der Waals surface area (Å²) in [4.78, 5) is 13.2. The lowest BCUT2D eigenvalue weighted by atomic mass is 10.1. The number of nitrogens with one attached hydrogen (secondary N) is 1. The van der Waals surface area contributed by atoms with Crippen LogP contribution in [0.2, 0.25) is 5.02 Å². The highest BCUT2D eigenvalue weighted by Gasteiger charge is 2.06. The van der Waals surface area contributed by atoms with Crippen LogP contribution in [0.15, 0.2) is 93.3 Å². The minimum Gasteiger partial charge on any atom is -0.455 e. The largest absolute Gasteiger partial charge is 0.455 e. The number of fused-ring (bicyclic) bond motifs is 1. The highest BCUT2D eigenvalue weighted by Crippen LogP contribution is 2.27. The molecule has 0 aliphatic heterocycles. The van der Waals surface area contributed by atoms with Gasteiger partial charge < -0.3 is 4.42 Å². The summed E-state index contributed by atoms with van der Waals surface area (Å²) in [6.07, 6.45) is 1.48. The number of carbonyl (C=O) groups excluding carboxylic acids is 1. The third-order valence-electron chi connectivity index (χ3n) is 4.23. The van der Waals surface area contributed by atoms with Gasteiger partial charge in [0.2, 0.25) is 5.91 Å². The number of rotatable bonds is 6. The quantitative estimate of drug-likeness (QED) is 0.236. The molecule has 0 aliphatic rings. The van der Waals surface area contributed by atoms with Crippen molar-refractivity contribution in [2.24, 2.45) is 5.10 Å². The summed E-state index contributed by atoms with van der Waals surface area (Å²) < 4.78 is 5.72. The van der Waals surface area contributed by atoms with Crippen molar-refractivity contribution in [3.05, 3.63) is 89.6 Å². The first-order valence-electron chi connectivity index (χ1n) is 8.97. The summed E-state index contributed by atoms with van der Waals surface area (Å²) in [7, 11) is 0. The van der Waals surface area contributed by atoms with Gasteiger partial charge in [-0.25, -0.2) is 5.43 Å². The Morgan fingerprint density at radius 2 is 1.86 bits per heavy atom. The predicted molar refractivity (Wildman–Crippen MR) is 120 cm³/mol. The van der Waals surface area contributed by atoms with Gasteiger partial charge in [-0.2, -0.15) is 5.10 Å². The molecule has 4 aromatic rings. The Morgan fingerprint density at radius 1 is 1.03 bits per heavy atom. The first-order valence-corrected chi connectivity index (χ1v) is 10.3. The zero-order valence-corrected chi connectivity index (χ0v) is 16.9. The van der Waals surface area contributed by atoms with Crippen molar-refractivity contribution in [1.29, 1.82) is 0 Å². The van der Waals surface area contributed by atoms with E-state index in [0.29, 0.717) is 16.5 Å². The van der Waals surface area contributed by atoms with Gasteiger partial charge in [-0.05, 0) is 41.1 Å². The standard InChI is InChI=1S/C23H17ClN2O2S/c24-18-8-3-7-17(13-18)21-12-11-19(28-21)14-25-26-23(27)15-29-22-10-4-6-16-5-1-2-9-20(16)22/h1-14H,15H2,(H,26,27)/b25-14+. The Bertz CT molecular complexity index is 1180. The monoisotopic (exact) mass is 420 g/mol. The van der Waals surface area contributed by atoms with Gasteiger partial charge in [0.15, 0.2) is 0 Å². The highest BCUT2D eigenvalue weighted by atomic mass is 35.5. The molecule has 1 amide bonds. The van der Waals surface area contributed by atoms with E-state index in [1.165, 1.54) is 18.0 Å². The van der Waals surface area contributed by atoms with E-state index >= 15 is 0 Å². The second-order valence-electron chi connectivity index (χ2n) is 6.27. The molecule has 0 atom stereocenters. The molecule has 0 radical (unpaired) electrons. The summed E-state index contributed by atoms with van der Waals surface area (Å²) in [6.45, 7) is 0. The maximum atomic E-state index is 12.1. The van der Waals surface area contributed by atoms with E-state index in [1.807, 2.05) is 54.6 Å². The number of furan rings is 1. The number of hydrogen-bond acceptors (Lipinski definition) is 4. The average molecular weight is 421 g/mol. The molecule has 0 aliphatic carbocycles. The van der Waals surface area contributed by atoms with E-state index in [4.69, 9.17) is 16.0 Å². The van der Waals surface area contributed by atoms with Crippen molar-refractivity contribution < 1.29 is 9.21 Å². The third kappa shape index (κ3) is 4.88. The number of halogens is 1. The number of thioether (sulfide) groups is 1. The second-order valence-corrected chi connectivity index (χ2v) is 7.73. The summed E-state index contributed by atoms with van der Waals surface area (Å²) in [5.41, 5.74) is 3.42. The fourth-order valence-electron chi connectivity index (χ4n) is 2.88. The molecule has 29 heavy (non-hydrogen) atoms. The minimum atomic E-state index is -0.180. The number of hydrazone groups is 1. The molecule has 0 saturated carbocycles. The van der Waals surface area contributed by atoms with E-state index < -0.39 is 0 Å². The molecular weight excluding hydrogens is 404 g/mol. The van der Waals surface area contributed by atoms with Crippen LogP contribution in [0.3, 0.4) is 0 Å². The molecule has 3 aromatic carbocycles. The van der Waals surface area contributed by atoms with Crippen molar-refractivity contribution in [2.75, 3.05) is 5.75 Å². The summed E-state index contributed by atoms with van der Waals surface area (Å²) in [5.74, 6) is 1.33. The van der Waals surface area contributed by atoms with Crippen LogP contribution in [-0.2, 0) is 4.79 Å². The number of carbonyl (C=O) groups is 1. The third-order valence-corrected chi connectivity index (χ3v) is 5.53. The molecular formula is C23H17ClN2O2S. The Kier molecular flexibility index (Phi) is 5.98. The molecule has 0 spiro atoms. The van der Waals surface area contributed by atoms with E-state index in [2.05, 4.69) is 28.7 Å². The van der Waals surface area contributed by atoms with Gasteiger partial charge in [0.1, 0.15) is 11.5 Å². The van der Waals surface area contributed by atoms with E-state index in [0.717, 1.165) is 21.2 Å². The number of amides is 1. The molecule has 4 rings (SSSR count). The van der Waals surface area contributed by atoms with Crippen LogP contribution in [0, 0.1) is 0 Å². The first kappa shape index (κ1) is 19.3. The number of benzene rings is 3. The number of nitrogens with zero attached hydrogens (tertiary/aromatic N) is 1. The van der Waals surface area contributed by atoms with Crippen LogP contribution in [0.1, 0.15) is 5.76 Å². The van der Waals surface area contributed by atoms with Crippen molar-refractivity contribution >= 4 is 46.3 Å². The summed E-state index contributed by atoms with van der Waals surface area (Å²) >= 11 is 7.49. The zero-order valence-electron chi connectivity index (χ0n) is 15.3. The van der Waals surface area contributed by atoms with Crippen molar-refractivity contribution in [1.82, 2.24) is 5.43 Å². The first-order chi connectivity index (χ1) is 14.2. The van der Waals surface area contributed by atoms with Crippen LogP contribution in [0.25, 0.3) is 22.1 Å². The Balaban J connectivity index is 1.33. The molecule has 1 N–H and O–H groups in total. The van der Waals surface area contributed by atoms with Crippen LogP contribution in [0.4, 0.5) is 0 Å². The van der Waals surface area contributed by atoms with Gasteiger partial charge in [0.05, 0.1) is 12.0 Å². The maximum Gasteiger partial charge on any atom is 0.250 e. The van der Waals surface area contributed by atoms with E-state index in [-0.39, 0.29) is 11.7 Å². The van der Waals surface area contributed by atoms with Gasteiger partial charge in [0, 0.05) is 15.5 Å². The highest BCUT2D eigenvalue weighted by molar-refractivity contribution is 8.00. The summed E-state index contributed by atoms with van der Waals surface area (Å²) in [5, 5.41) is 6.92. The molecule has 0 bridgehead atoms. The van der Waals surface area contributed by atoms with Gasteiger partial charge in [0.25, 0.3) is 0 Å². The molecule has 1 aromatic heterocycles. The van der Waals surface area contributed by atoms with Gasteiger partial charge in [-0.15, -0.1) is 11.8 Å². The molecule has 144 valence electrons. The van der Waals surface area contributed by atoms with Crippen LogP contribution in [0.5, 0.6) is 0 Å². The van der Waals surface area contributed by atoms with E-state index in [9.17, 15) is 4.79 Å². The van der Waals surface area contributed by atoms with Crippen molar-refractivity contribution in [2.45, 2.75) is 4.90 Å². The van der Waals surface area contributed by atoms with Crippen LogP contribution < -0.4 is 5.43 Å². The van der Waals surface area contributed by atoms with E-state index in [1.54, 1.807) is 6.07 Å². The lowest BCUT2D eigenvalue weighted by Crippen LogP contribution is -2.19. The SMILES string of the molecule is O=C(CSc1cccc2ccccc12)N/N=C/c1ccc(-c2cccc(Cl)c2)o1. The molecule has 1 heterocycles. The maximum absolute atomic E-state index is 12.1. The molecule has 0 unspecified atom stereocenters. The molecule has 6 heteroatoms. The van der Waals surface area contributed by atoms with Crippen LogP contribution in [-0.4, -0.2) is 17.9 Å².